The molecule has 0 heterocycles. The van der Waals surface area contributed by atoms with Crippen LogP contribution in [-0.2, 0) is 4.79 Å². The number of hydrogen-bond donors (Lipinski definition) is 1. The number of thioether (sulfide) groups is 1. The Hall–Kier alpha value is -1.46. The molecular weight excluding hydrogens is 374 g/mol. The standard InChI is InChI=1S/C18H20BrNO2S/c1-13-7-8-16(15(19)11-13)20-18(21)12-23-10-9-22-17-6-4-3-5-14(17)2/h3-8,11H,9-10,12H2,1-2H3,(H,20,21). The smallest absolute Gasteiger partial charge is 0.234 e. The highest BCUT2D eigenvalue weighted by molar-refractivity contribution is 9.10. The fourth-order valence-corrected chi connectivity index (χ4v) is 3.20. The van der Waals surface area contributed by atoms with Gasteiger partial charge in [-0.15, -0.1) is 11.8 Å². The van der Waals surface area contributed by atoms with Gasteiger partial charge in [-0.05, 0) is 59.1 Å². The summed E-state index contributed by atoms with van der Waals surface area (Å²) in [5, 5.41) is 2.91. The van der Waals surface area contributed by atoms with Crippen LogP contribution in [-0.4, -0.2) is 24.0 Å². The second-order valence-electron chi connectivity index (χ2n) is 5.20. The number of ether oxygens (including phenoxy) is 1. The highest BCUT2D eigenvalue weighted by atomic mass is 79.9. The van der Waals surface area contributed by atoms with E-state index in [1.165, 1.54) is 0 Å². The van der Waals surface area contributed by atoms with Crippen molar-refractivity contribution in [2.45, 2.75) is 13.8 Å². The predicted octanol–water partition coefficient (Wildman–Crippen LogP) is 4.82. The molecule has 0 unspecified atom stereocenters. The molecule has 2 rings (SSSR count). The van der Waals surface area contributed by atoms with Crippen LogP contribution in [0, 0.1) is 13.8 Å². The molecule has 0 aliphatic carbocycles. The summed E-state index contributed by atoms with van der Waals surface area (Å²) < 4.78 is 6.61. The van der Waals surface area contributed by atoms with Crippen LogP contribution >= 0.6 is 27.7 Å². The molecule has 0 saturated heterocycles. The first-order chi connectivity index (χ1) is 11.1. The van der Waals surface area contributed by atoms with Crippen molar-refractivity contribution in [2.75, 3.05) is 23.4 Å². The number of benzene rings is 2. The van der Waals surface area contributed by atoms with Crippen molar-refractivity contribution < 1.29 is 9.53 Å². The zero-order valence-electron chi connectivity index (χ0n) is 13.3. The van der Waals surface area contributed by atoms with Crippen molar-refractivity contribution in [1.29, 1.82) is 0 Å². The fourth-order valence-electron chi connectivity index (χ4n) is 2.00. The van der Waals surface area contributed by atoms with E-state index in [1.807, 2.05) is 56.3 Å². The van der Waals surface area contributed by atoms with E-state index in [4.69, 9.17) is 4.74 Å². The molecule has 122 valence electrons. The van der Waals surface area contributed by atoms with Crippen molar-refractivity contribution >= 4 is 39.3 Å². The van der Waals surface area contributed by atoms with Gasteiger partial charge in [0.2, 0.25) is 5.91 Å². The predicted molar refractivity (Wildman–Crippen MR) is 102 cm³/mol. The summed E-state index contributed by atoms with van der Waals surface area (Å²) in [7, 11) is 0. The minimum atomic E-state index is -0.00422. The number of carbonyl (C=O) groups excluding carboxylic acids is 1. The number of nitrogens with one attached hydrogen (secondary N) is 1. The Morgan fingerprint density at radius 2 is 2.00 bits per heavy atom. The van der Waals surface area contributed by atoms with Crippen LogP contribution in [0.15, 0.2) is 46.9 Å². The van der Waals surface area contributed by atoms with Gasteiger partial charge < -0.3 is 10.1 Å². The minimum absolute atomic E-state index is 0.00422. The van der Waals surface area contributed by atoms with Gasteiger partial charge in [-0.25, -0.2) is 0 Å². The molecule has 0 radical (unpaired) electrons. The van der Waals surface area contributed by atoms with Crippen LogP contribution in [0.25, 0.3) is 0 Å². The lowest BCUT2D eigenvalue weighted by Gasteiger charge is -2.09. The minimum Gasteiger partial charge on any atom is -0.492 e. The molecule has 23 heavy (non-hydrogen) atoms. The molecule has 0 aliphatic heterocycles. The Kier molecular flexibility index (Phi) is 6.99. The molecule has 2 aromatic carbocycles. The van der Waals surface area contributed by atoms with Gasteiger partial charge >= 0.3 is 0 Å². The van der Waals surface area contributed by atoms with E-state index >= 15 is 0 Å². The summed E-state index contributed by atoms with van der Waals surface area (Å²) in [5.41, 5.74) is 3.08. The summed E-state index contributed by atoms with van der Waals surface area (Å²) in [4.78, 5) is 11.9. The number of hydrogen-bond acceptors (Lipinski definition) is 3. The molecule has 0 aliphatic rings. The van der Waals surface area contributed by atoms with Gasteiger partial charge in [0.1, 0.15) is 5.75 Å². The van der Waals surface area contributed by atoms with Crippen molar-refractivity contribution in [3.63, 3.8) is 0 Å². The third kappa shape index (κ3) is 5.92. The van der Waals surface area contributed by atoms with E-state index in [9.17, 15) is 4.79 Å². The normalized spacial score (nSPS) is 10.4. The van der Waals surface area contributed by atoms with Gasteiger partial charge in [-0.1, -0.05) is 24.3 Å². The number of para-hydroxylation sites is 1. The largest absolute Gasteiger partial charge is 0.492 e. The van der Waals surface area contributed by atoms with Gasteiger partial charge in [-0.3, -0.25) is 4.79 Å². The molecule has 1 amide bonds. The first kappa shape index (κ1) is 17.9. The van der Waals surface area contributed by atoms with E-state index in [2.05, 4.69) is 21.2 Å². The molecule has 0 bridgehead atoms. The van der Waals surface area contributed by atoms with Crippen LogP contribution in [0.1, 0.15) is 11.1 Å². The van der Waals surface area contributed by atoms with Crippen LogP contribution in [0.5, 0.6) is 5.75 Å². The Labute approximate surface area is 149 Å². The third-order valence-corrected chi connectivity index (χ3v) is 4.79. The highest BCUT2D eigenvalue weighted by Gasteiger charge is 2.06. The topological polar surface area (TPSA) is 38.3 Å². The zero-order valence-corrected chi connectivity index (χ0v) is 15.7. The van der Waals surface area contributed by atoms with Crippen molar-refractivity contribution in [2.24, 2.45) is 0 Å². The summed E-state index contributed by atoms with van der Waals surface area (Å²) in [6.45, 7) is 4.63. The SMILES string of the molecule is Cc1ccc(NC(=O)CSCCOc2ccccc2C)c(Br)c1. The molecule has 0 saturated carbocycles. The number of anilines is 1. The van der Waals surface area contributed by atoms with Gasteiger partial charge in [0, 0.05) is 10.2 Å². The Balaban J connectivity index is 1.68. The van der Waals surface area contributed by atoms with E-state index in [0.717, 1.165) is 32.8 Å². The van der Waals surface area contributed by atoms with Crippen molar-refractivity contribution in [1.82, 2.24) is 0 Å². The lowest BCUT2D eigenvalue weighted by atomic mass is 10.2. The average molecular weight is 394 g/mol. The molecule has 5 heteroatoms. The number of rotatable bonds is 7. The van der Waals surface area contributed by atoms with Crippen LogP contribution in [0.4, 0.5) is 5.69 Å². The summed E-state index contributed by atoms with van der Waals surface area (Å²) in [6.07, 6.45) is 0. The molecule has 0 atom stereocenters. The maximum Gasteiger partial charge on any atom is 0.234 e. The highest BCUT2D eigenvalue weighted by Crippen LogP contribution is 2.23. The Bertz CT molecular complexity index is 676. The molecule has 0 aromatic heterocycles. The lowest BCUT2D eigenvalue weighted by molar-refractivity contribution is -0.113. The summed E-state index contributed by atoms with van der Waals surface area (Å²) in [5.74, 6) is 2.09. The molecule has 3 nitrogen and oxygen atoms in total. The second kappa shape index (κ2) is 8.99. The second-order valence-corrected chi connectivity index (χ2v) is 7.16. The van der Waals surface area contributed by atoms with Crippen molar-refractivity contribution in [3.05, 3.63) is 58.1 Å². The lowest BCUT2D eigenvalue weighted by Crippen LogP contribution is -2.15. The van der Waals surface area contributed by atoms with E-state index < -0.39 is 0 Å². The summed E-state index contributed by atoms with van der Waals surface area (Å²) >= 11 is 5.02. The van der Waals surface area contributed by atoms with E-state index in [1.54, 1.807) is 11.8 Å². The first-order valence-electron chi connectivity index (χ1n) is 7.38. The number of aryl methyl sites for hydroxylation is 2. The molecule has 2 aromatic rings. The molecule has 0 spiro atoms. The maximum absolute atomic E-state index is 11.9. The van der Waals surface area contributed by atoms with Crippen LogP contribution in [0.3, 0.4) is 0 Å². The van der Waals surface area contributed by atoms with Gasteiger partial charge in [0.15, 0.2) is 0 Å². The Morgan fingerprint density at radius 3 is 2.74 bits per heavy atom. The third-order valence-electron chi connectivity index (χ3n) is 3.21. The van der Waals surface area contributed by atoms with E-state index in [-0.39, 0.29) is 5.91 Å². The number of amides is 1. The summed E-state index contributed by atoms with van der Waals surface area (Å²) in [6, 6.07) is 13.8. The maximum atomic E-state index is 11.9. The molecule has 0 fully saturated rings. The zero-order chi connectivity index (χ0) is 16.7. The van der Waals surface area contributed by atoms with Gasteiger partial charge in [-0.2, -0.15) is 0 Å². The quantitative estimate of drug-likeness (QED) is 0.685. The fraction of sp³-hybridized carbons (Fsp3) is 0.278. The van der Waals surface area contributed by atoms with Gasteiger partial charge in [0.05, 0.1) is 18.0 Å². The van der Waals surface area contributed by atoms with Crippen molar-refractivity contribution in [3.8, 4) is 5.75 Å². The molecule has 1 N–H and O–H groups in total. The average Bonchev–Trinajstić information content (AvgIpc) is 2.51. The van der Waals surface area contributed by atoms with Crippen LogP contribution in [0.2, 0.25) is 0 Å². The number of halogens is 1. The van der Waals surface area contributed by atoms with E-state index in [0.29, 0.717) is 12.4 Å². The first-order valence-corrected chi connectivity index (χ1v) is 9.33. The van der Waals surface area contributed by atoms with Gasteiger partial charge in [0.25, 0.3) is 0 Å². The Morgan fingerprint density at radius 1 is 1.22 bits per heavy atom. The molecular formula is C18H20BrNO2S. The number of carbonyl (C=O) groups is 1. The monoisotopic (exact) mass is 393 g/mol. The van der Waals surface area contributed by atoms with Crippen LogP contribution < -0.4 is 10.1 Å².